The topological polar surface area (TPSA) is 46.4 Å². The SMILES string of the molecule is Cc1cc(C)n2ccc(C(=O)Nc3ccc(Br)cc3Cl)c2n1. The second kappa shape index (κ2) is 5.74. The molecule has 0 spiro atoms. The van der Waals surface area contributed by atoms with Crippen molar-refractivity contribution in [2.75, 3.05) is 5.32 Å². The number of nitrogens with zero attached hydrogens (tertiary/aromatic N) is 2. The first-order valence-corrected chi connectivity index (χ1v) is 7.84. The van der Waals surface area contributed by atoms with Crippen LogP contribution in [0, 0.1) is 13.8 Å². The van der Waals surface area contributed by atoms with Crippen LogP contribution in [-0.2, 0) is 0 Å². The number of fused-ring (bicyclic) bond motifs is 1. The van der Waals surface area contributed by atoms with E-state index in [1.165, 1.54) is 0 Å². The molecule has 0 saturated carbocycles. The molecule has 112 valence electrons. The van der Waals surface area contributed by atoms with Gasteiger partial charge in [0.15, 0.2) is 0 Å². The van der Waals surface area contributed by atoms with Gasteiger partial charge in [-0.25, -0.2) is 4.98 Å². The van der Waals surface area contributed by atoms with Gasteiger partial charge in [-0.05, 0) is 44.2 Å². The number of rotatable bonds is 2. The molecule has 0 unspecified atom stereocenters. The summed E-state index contributed by atoms with van der Waals surface area (Å²) in [5.41, 5.74) is 3.63. The molecule has 0 aliphatic heterocycles. The fraction of sp³-hybridized carbons (Fsp3) is 0.125. The number of aryl methyl sites for hydroxylation is 2. The van der Waals surface area contributed by atoms with Gasteiger partial charge in [0.05, 0.1) is 16.3 Å². The second-order valence-corrected chi connectivity index (χ2v) is 6.36. The molecule has 0 aliphatic rings. The van der Waals surface area contributed by atoms with E-state index < -0.39 is 0 Å². The number of hydrogen-bond acceptors (Lipinski definition) is 2. The van der Waals surface area contributed by atoms with Gasteiger partial charge in [-0.3, -0.25) is 4.79 Å². The zero-order valence-corrected chi connectivity index (χ0v) is 14.4. The number of benzene rings is 1. The van der Waals surface area contributed by atoms with Crippen molar-refractivity contribution < 1.29 is 4.79 Å². The van der Waals surface area contributed by atoms with Crippen LogP contribution in [0.15, 0.2) is 41.0 Å². The number of nitrogens with one attached hydrogen (secondary N) is 1. The first-order valence-electron chi connectivity index (χ1n) is 6.67. The van der Waals surface area contributed by atoms with Crippen LogP contribution in [0.5, 0.6) is 0 Å². The number of aromatic nitrogens is 2. The maximum atomic E-state index is 12.5. The van der Waals surface area contributed by atoms with Gasteiger partial charge in [-0.15, -0.1) is 0 Å². The lowest BCUT2D eigenvalue weighted by Gasteiger charge is -2.08. The first kappa shape index (κ1) is 15.1. The summed E-state index contributed by atoms with van der Waals surface area (Å²) in [5.74, 6) is -0.232. The molecule has 2 heterocycles. The predicted octanol–water partition coefficient (Wildman–Crippen LogP) is 4.62. The molecule has 2 aromatic heterocycles. The van der Waals surface area contributed by atoms with Crippen molar-refractivity contribution in [3.63, 3.8) is 0 Å². The molecule has 0 saturated heterocycles. The van der Waals surface area contributed by atoms with E-state index in [4.69, 9.17) is 11.6 Å². The van der Waals surface area contributed by atoms with Gasteiger partial charge in [0, 0.05) is 22.1 Å². The van der Waals surface area contributed by atoms with Crippen molar-refractivity contribution in [3.05, 3.63) is 63.0 Å². The molecule has 0 bridgehead atoms. The van der Waals surface area contributed by atoms with Crippen LogP contribution < -0.4 is 5.32 Å². The minimum absolute atomic E-state index is 0.232. The molecular weight excluding hydrogens is 366 g/mol. The van der Waals surface area contributed by atoms with Gasteiger partial charge in [0.25, 0.3) is 5.91 Å². The Hall–Kier alpha value is -1.85. The van der Waals surface area contributed by atoms with Crippen LogP contribution in [0.4, 0.5) is 5.69 Å². The molecule has 1 aromatic carbocycles. The molecule has 0 fully saturated rings. The van der Waals surface area contributed by atoms with Crippen LogP contribution in [-0.4, -0.2) is 15.3 Å². The lowest BCUT2D eigenvalue weighted by atomic mass is 10.2. The molecule has 0 atom stereocenters. The number of amides is 1. The third-order valence-electron chi connectivity index (χ3n) is 3.36. The zero-order valence-electron chi connectivity index (χ0n) is 12.0. The van der Waals surface area contributed by atoms with Crippen LogP contribution in [0.2, 0.25) is 5.02 Å². The lowest BCUT2D eigenvalue weighted by molar-refractivity contribution is 0.102. The summed E-state index contributed by atoms with van der Waals surface area (Å²) < 4.78 is 2.75. The highest BCUT2D eigenvalue weighted by Gasteiger charge is 2.15. The predicted molar refractivity (Wildman–Crippen MR) is 91.8 cm³/mol. The standard InChI is InChI=1S/C16H13BrClN3O/c1-9-7-10(2)21-6-5-12(15(21)19-9)16(22)20-14-4-3-11(17)8-13(14)18/h3-8H,1-2H3,(H,20,22). The van der Waals surface area contributed by atoms with Gasteiger partial charge in [0.1, 0.15) is 5.65 Å². The van der Waals surface area contributed by atoms with Crippen molar-refractivity contribution in [3.8, 4) is 0 Å². The average Bonchev–Trinajstić information content (AvgIpc) is 2.86. The normalized spacial score (nSPS) is 10.9. The Kier molecular flexibility index (Phi) is 3.93. The molecule has 22 heavy (non-hydrogen) atoms. The second-order valence-electron chi connectivity index (χ2n) is 5.04. The lowest BCUT2D eigenvalue weighted by Crippen LogP contribution is -2.12. The van der Waals surface area contributed by atoms with E-state index in [1.54, 1.807) is 18.2 Å². The maximum absolute atomic E-state index is 12.5. The Morgan fingerprint density at radius 1 is 1.27 bits per heavy atom. The third kappa shape index (κ3) is 2.74. The van der Waals surface area contributed by atoms with E-state index in [9.17, 15) is 4.79 Å². The zero-order chi connectivity index (χ0) is 15.9. The van der Waals surface area contributed by atoms with Gasteiger partial charge in [-0.1, -0.05) is 27.5 Å². The quantitative estimate of drug-likeness (QED) is 0.707. The molecule has 4 nitrogen and oxygen atoms in total. The first-order chi connectivity index (χ1) is 10.5. The van der Waals surface area contributed by atoms with E-state index in [2.05, 4.69) is 26.2 Å². The third-order valence-corrected chi connectivity index (χ3v) is 4.17. The Balaban J connectivity index is 1.99. The smallest absolute Gasteiger partial charge is 0.259 e. The summed E-state index contributed by atoms with van der Waals surface area (Å²) in [6.07, 6.45) is 1.84. The van der Waals surface area contributed by atoms with Crippen LogP contribution in [0.3, 0.4) is 0 Å². The van der Waals surface area contributed by atoms with Gasteiger partial charge < -0.3 is 9.72 Å². The molecule has 1 N–H and O–H groups in total. The number of carbonyl (C=O) groups is 1. The minimum atomic E-state index is -0.232. The summed E-state index contributed by atoms with van der Waals surface area (Å²) in [4.78, 5) is 17.0. The monoisotopic (exact) mass is 377 g/mol. The molecular formula is C16H13BrClN3O. The molecule has 3 aromatic rings. The van der Waals surface area contributed by atoms with E-state index in [-0.39, 0.29) is 5.91 Å². The van der Waals surface area contributed by atoms with Gasteiger partial charge in [0.2, 0.25) is 0 Å². The van der Waals surface area contributed by atoms with E-state index in [1.807, 2.05) is 36.6 Å². The fourth-order valence-corrected chi connectivity index (χ4v) is 3.07. The molecule has 1 amide bonds. The van der Waals surface area contributed by atoms with Gasteiger partial charge >= 0.3 is 0 Å². The minimum Gasteiger partial charge on any atom is -0.321 e. The number of hydrogen-bond donors (Lipinski definition) is 1. The van der Waals surface area contributed by atoms with Crippen LogP contribution in [0.1, 0.15) is 21.7 Å². The Morgan fingerprint density at radius 3 is 2.77 bits per heavy atom. The summed E-state index contributed by atoms with van der Waals surface area (Å²) >= 11 is 9.48. The van der Waals surface area contributed by atoms with E-state index >= 15 is 0 Å². The van der Waals surface area contributed by atoms with Crippen molar-refractivity contribution in [1.29, 1.82) is 0 Å². The average molecular weight is 379 g/mol. The summed E-state index contributed by atoms with van der Waals surface area (Å²) in [6.45, 7) is 3.89. The molecule has 0 aliphatic carbocycles. The molecule has 6 heteroatoms. The highest BCUT2D eigenvalue weighted by molar-refractivity contribution is 9.10. The maximum Gasteiger partial charge on any atom is 0.259 e. The van der Waals surface area contributed by atoms with Crippen LogP contribution in [0.25, 0.3) is 5.65 Å². The Morgan fingerprint density at radius 2 is 2.05 bits per heavy atom. The molecule has 0 radical (unpaired) electrons. The fourth-order valence-electron chi connectivity index (χ4n) is 2.35. The Labute approximate surface area is 141 Å². The Bertz CT molecular complexity index is 888. The summed E-state index contributed by atoms with van der Waals surface area (Å²) in [7, 11) is 0. The number of anilines is 1. The van der Waals surface area contributed by atoms with Gasteiger partial charge in [-0.2, -0.15) is 0 Å². The number of carbonyl (C=O) groups excluding carboxylic acids is 1. The summed E-state index contributed by atoms with van der Waals surface area (Å²) in [6, 6.07) is 9.05. The van der Waals surface area contributed by atoms with Crippen molar-refractivity contribution in [2.45, 2.75) is 13.8 Å². The van der Waals surface area contributed by atoms with E-state index in [0.29, 0.717) is 21.9 Å². The largest absolute Gasteiger partial charge is 0.321 e. The highest BCUT2D eigenvalue weighted by Crippen LogP contribution is 2.26. The highest BCUT2D eigenvalue weighted by atomic mass is 79.9. The van der Waals surface area contributed by atoms with Crippen molar-refractivity contribution in [2.24, 2.45) is 0 Å². The molecule has 3 rings (SSSR count). The number of halogens is 2. The van der Waals surface area contributed by atoms with Crippen LogP contribution >= 0.6 is 27.5 Å². The summed E-state index contributed by atoms with van der Waals surface area (Å²) in [5, 5.41) is 3.30. The van der Waals surface area contributed by atoms with E-state index in [0.717, 1.165) is 15.9 Å². The van der Waals surface area contributed by atoms with Crippen molar-refractivity contribution in [1.82, 2.24) is 9.38 Å². The van der Waals surface area contributed by atoms with Crippen molar-refractivity contribution >= 4 is 44.8 Å².